The Hall–Kier alpha value is -1.56. The summed E-state index contributed by atoms with van der Waals surface area (Å²) in [7, 11) is 0. The third-order valence-electron chi connectivity index (χ3n) is 3.81. The zero-order valence-corrected chi connectivity index (χ0v) is 13.1. The van der Waals surface area contributed by atoms with Crippen LogP contribution in [-0.2, 0) is 0 Å². The minimum absolute atomic E-state index is 0.507. The summed E-state index contributed by atoms with van der Waals surface area (Å²) in [6.07, 6.45) is 5.01. The molecule has 1 N–H and O–H groups in total. The Labute approximate surface area is 129 Å². The fourth-order valence-corrected chi connectivity index (χ4v) is 3.55. The zero-order valence-electron chi connectivity index (χ0n) is 12.3. The van der Waals surface area contributed by atoms with Crippen molar-refractivity contribution in [2.75, 3.05) is 17.6 Å². The molecule has 1 aliphatic carbocycles. The Morgan fingerprint density at radius 3 is 3.00 bits per heavy atom. The second-order valence-corrected chi connectivity index (χ2v) is 6.55. The average molecular weight is 303 g/mol. The second kappa shape index (κ2) is 6.93. The van der Waals surface area contributed by atoms with Crippen molar-refractivity contribution < 1.29 is 0 Å². The van der Waals surface area contributed by atoms with Gasteiger partial charge in [-0.15, -0.1) is 5.10 Å². The lowest BCUT2D eigenvalue weighted by molar-refractivity contribution is 0.423. The maximum absolute atomic E-state index is 4.16. The lowest BCUT2D eigenvalue weighted by Crippen LogP contribution is -2.10. The van der Waals surface area contributed by atoms with E-state index < -0.39 is 0 Å². The van der Waals surface area contributed by atoms with Crippen LogP contribution in [0.4, 0.5) is 5.69 Å². The monoisotopic (exact) mass is 303 g/mol. The minimum Gasteiger partial charge on any atom is -0.384 e. The van der Waals surface area contributed by atoms with Crippen molar-refractivity contribution in [3.05, 3.63) is 29.8 Å². The van der Waals surface area contributed by atoms with Crippen molar-refractivity contribution in [2.45, 2.75) is 43.8 Å². The lowest BCUT2D eigenvalue weighted by Gasteiger charge is -2.11. The van der Waals surface area contributed by atoms with E-state index in [0.717, 1.165) is 17.5 Å². The first-order valence-corrected chi connectivity index (χ1v) is 8.53. The SMILES string of the molecule is Cc1cccc(NCCSc2nnnn2C2CCCC2)c1. The molecule has 6 heteroatoms. The molecule has 1 aromatic heterocycles. The molecule has 2 aromatic rings. The van der Waals surface area contributed by atoms with Gasteiger partial charge in [0, 0.05) is 18.0 Å². The van der Waals surface area contributed by atoms with E-state index in [0.29, 0.717) is 6.04 Å². The molecule has 0 spiro atoms. The fourth-order valence-electron chi connectivity index (χ4n) is 2.75. The zero-order chi connectivity index (χ0) is 14.5. The van der Waals surface area contributed by atoms with E-state index in [1.807, 2.05) is 4.68 Å². The molecule has 0 unspecified atom stereocenters. The van der Waals surface area contributed by atoms with Gasteiger partial charge >= 0.3 is 0 Å². The predicted octanol–water partition coefficient (Wildman–Crippen LogP) is 3.30. The van der Waals surface area contributed by atoms with Crippen molar-refractivity contribution in [1.29, 1.82) is 0 Å². The third-order valence-corrected chi connectivity index (χ3v) is 4.75. The van der Waals surface area contributed by atoms with Gasteiger partial charge < -0.3 is 5.32 Å². The first kappa shape index (κ1) is 14.4. The van der Waals surface area contributed by atoms with E-state index in [1.165, 1.54) is 36.9 Å². The van der Waals surface area contributed by atoms with Gasteiger partial charge in [0.15, 0.2) is 0 Å². The van der Waals surface area contributed by atoms with Crippen LogP contribution in [0.5, 0.6) is 0 Å². The van der Waals surface area contributed by atoms with Crippen molar-refractivity contribution in [2.24, 2.45) is 0 Å². The summed E-state index contributed by atoms with van der Waals surface area (Å²) in [6, 6.07) is 8.95. The highest BCUT2D eigenvalue weighted by Gasteiger charge is 2.21. The van der Waals surface area contributed by atoms with Crippen LogP contribution in [-0.4, -0.2) is 32.5 Å². The summed E-state index contributed by atoms with van der Waals surface area (Å²) in [4.78, 5) is 0. The number of aromatic nitrogens is 4. The summed E-state index contributed by atoms with van der Waals surface area (Å²) in [6.45, 7) is 3.02. The smallest absolute Gasteiger partial charge is 0.209 e. The van der Waals surface area contributed by atoms with Gasteiger partial charge in [-0.2, -0.15) is 0 Å². The van der Waals surface area contributed by atoms with Gasteiger partial charge in [-0.25, -0.2) is 4.68 Å². The van der Waals surface area contributed by atoms with Gasteiger partial charge in [0.2, 0.25) is 5.16 Å². The van der Waals surface area contributed by atoms with E-state index in [2.05, 4.69) is 52.0 Å². The third kappa shape index (κ3) is 3.75. The van der Waals surface area contributed by atoms with Gasteiger partial charge in [0.25, 0.3) is 0 Å². The van der Waals surface area contributed by atoms with Crippen LogP contribution >= 0.6 is 11.8 Å². The number of tetrazole rings is 1. The summed E-state index contributed by atoms with van der Waals surface area (Å²) in [5.41, 5.74) is 2.45. The molecule has 1 aromatic carbocycles. The van der Waals surface area contributed by atoms with Crippen molar-refractivity contribution in [1.82, 2.24) is 20.2 Å². The van der Waals surface area contributed by atoms with Crippen LogP contribution in [0.3, 0.4) is 0 Å². The molecule has 0 saturated heterocycles. The number of hydrogen-bond donors (Lipinski definition) is 1. The van der Waals surface area contributed by atoms with Gasteiger partial charge in [0.1, 0.15) is 0 Å². The number of rotatable bonds is 6. The van der Waals surface area contributed by atoms with Crippen LogP contribution in [0.2, 0.25) is 0 Å². The van der Waals surface area contributed by atoms with Crippen LogP contribution < -0.4 is 5.32 Å². The van der Waals surface area contributed by atoms with E-state index in [1.54, 1.807) is 11.8 Å². The van der Waals surface area contributed by atoms with Gasteiger partial charge in [-0.3, -0.25) is 0 Å². The van der Waals surface area contributed by atoms with Crippen LogP contribution in [0.25, 0.3) is 0 Å². The van der Waals surface area contributed by atoms with Crippen molar-refractivity contribution in [3.63, 3.8) is 0 Å². The summed E-state index contributed by atoms with van der Waals surface area (Å²) in [5, 5.41) is 16.5. The lowest BCUT2D eigenvalue weighted by atomic mass is 10.2. The molecule has 0 radical (unpaired) electrons. The largest absolute Gasteiger partial charge is 0.384 e. The van der Waals surface area contributed by atoms with Gasteiger partial charge in [0.05, 0.1) is 6.04 Å². The Kier molecular flexibility index (Phi) is 4.75. The van der Waals surface area contributed by atoms with Crippen LogP contribution in [0.15, 0.2) is 29.4 Å². The molecule has 0 atom stereocenters. The number of thioether (sulfide) groups is 1. The van der Waals surface area contributed by atoms with Gasteiger partial charge in [-0.1, -0.05) is 36.7 Å². The number of anilines is 1. The molecule has 21 heavy (non-hydrogen) atoms. The molecular formula is C15H21N5S. The molecule has 112 valence electrons. The first-order valence-electron chi connectivity index (χ1n) is 7.54. The van der Waals surface area contributed by atoms with Crippen LogP contribution in [0, 0.1) is 6.92 Å². The molecule has 1 heterocycles. The molecule has 3 rings (SSSR count). The van der Waals surface area contributed by atoms with Crippen LogP contribution in [0.1, 0.15) is 37.3 Å². The molecule has 5 nitrogen and oxygen atoms in total. The highest BCUT2D eigenvalue weighted by molar-refractivity contribution is 7.99. The molecule has 0 aliphatic heterocycles. The summed E-state index contributed by atoms with van der Waals surface area (Å²) in [5.74, 6) is 0.959. The Balaban J connectivity index is 1.48. The normalized spacial score (nSPS) is 15.5. The number of hydrogen-bond acceptors (Lipinski definition) is 5. The number of nitrogens with one attached hydrogen (secondary N) is 1. The molecule has 1 fully saturated rings. The predicted molar refractivity (Wildman–Crippen MR) is 85.7 cm³/mol. The molecule has 1 aliphatic rings. The average Bonchev–Trinajstić information content (AvgIpc) is 3.14. The van der Waals surface area contributed by atoms with Gasteiger partial charge in [-0.05, 0) is 47.9 Å². The maximum Gasteiger partial charge on any atom is 0.209 e. The molecule has 0 bridgehead atoms. The molecule has 0 amide bonds. The van der Waals surface area contributed by atoms with E-state index in [4.69, 9.17) is 0 Å². The van der Waals surface area contributed by atoms with E-state index in [-0.39, 0.29) is 0 Å². The standard InChI is InChI=1S/C15H21N5S/c1-12-5-4-6-13(11-12)16-9-10-21-15-17-18-19-20(15)14-7-2-3-8-14/h4-6,11,14,16H,2-3,7-10H2,1H3. The second-order valence-electron chi connectivity index (χ2n) is 5.49. The minimum atomic E-state index is 0.507. The Morgan fingerprint density at radius 2 is 2.19 bits per heavy atom. The Morgan fingerprint density at radius 1 is 1.33 bits per heavy atom. The van der Waals surface area contributed by atoms with E-state index >= 15 is 0 Å². The molecule has 1 saturated carbocycles. The summed E-state index contributed by atoms with van der Waals surface area (Å²) >= 11 is 1.73. The first-order chi connectivity index (χ1) is 10.3. The number of benzene rings is 1. The maximum atomic E-state index is 4.16. The van der Waals surface area contributed by atoms with Crippen molar-refractivity contribution in [3.8, 4) is 0 Å². The quantitative estimate of drug-likeness (QED) is 0.655. The highest BCUT2D eigenvalue weighted by atomic mass is 32.2. The van der Waals surface area contributed by atoms with Crippen molar-refractivity contribution >= 4 is 17.4 Å². The fraction of sp³-hybridized carbons (Fsp3) is 0.533. The number of aryl methyl sites for hydroxylation is 1. The van der Waals surface area contributed by atoms with E-state index in [9.17, 15) is 0 Å². The molecular weight excluding hydrogens is 282 g/mol. The Bertz CT molecular complexity index is 577. The highest BCUT2D eigenvalue weighted by Crippen LogP contribution is 2.31. The topological polar surface area (TPSA) is 55.6 Å². The number of nitrogens with zero attached hydrogens (tertiary/aromatic N) is 4. The summed E-state index contributed by atoms with van der Waals surface area (Å²) < 4.78 is 2.02.